The second-order valence-electron chi connectivity index (χ2n) is 7.35. The fourth-order valence-electron chi connectivity index (χ4n) is 4.43. The van der Waals surface area contributed by atoms with Gasteiger partial charge >= 0.3 is 0 Å². The summed E-state index contributed by atoms with van der Waals surface area (Å²) in [6.07, 6.45) is 14.0. The van der Waals surface area contributed by atoms with E-state index < -0.39 is 0 Å². The third-order valence-electron chi connectivity index (χ3n) is 5.77. The maximum absolute atomic E-state index is 5.58. The van der Waals surface area contributed by atoms with E-state index in [1.807, 2.05) is 0 Å². The van der Waals surface area contributed by atoms with Gasteiger partial charge in [0.2, 0.25) is 0 Å². The van der Waals surface area contributed by atoms with E-state index in [-0.39, 0.29) is 0 Å². The SMILES string of the molecule is CCCCC1CCC(C(NCCC)C2CCOCC2)CC1. The number of hydrogen-bond acceptors (Lipinski definition) is 2. The minimum Gasteiger partial charge on any atom is -0.381 e. The Morgan fingerprint density at radius 3 is 2.19 bits per heavy atom. The lowest BCUT2D eigenvalue weighted by Gasteiger charge is -2.40. The normalized spacial score (nSPS) is 29.4. The summed E-state index contributed by atoms with van der Waals surface area (Å²) in [5.74, 6) is 2.82. The standard InChI is InChI=1S/C19H37NO/c1-3-5-6-16-7-9-17(10-8-16)19(20-13-4-2)18-11-14-21-15-12-18/h16-20H,3-15H2,1-2H3. The monoisotopic (exact) mass is 295 g/mol. The van der Waals surface area contributed by atoms with Gasteiger partial charge in [-0.3, -0.25) is 0 Å². The van der Waals surface area contributed by atoms with Crippen molar-refractivity contribution in [3.8, 4) is 0 Å². The van der Waals surface area contributed by atoms with Gasteiger partial charge in [-0.05, 0) is 56.4 Å². The Kier molecular flexibility index (Phi) is 8.10. The number of unbranched alkanes of at least 4 members (excludes halogenated alkanes) is 1. The van der Waals surface area contributed by atoms with Crippen LogP contribution < -0.4 is 5.32 Å². The van der Waals surface area contributed by atoms with Gasteiger partial charge in [0, 0.05) is 19.3 Å². The molecule has 2 rings (SSSR count). The molecule has 2 fully saturated rings. The average molecular weight is 296 g/mol. The van der Waals surface area contributed by atoms with Gasteiger partial charge in [-0.15, -0.1) is 0 Å². The highest BCUT2D eigenvalue weighted by atomic mass is 16.5. The summed E-state index contributed by atoms with van der Waals surface area (Å²) in [6, 6.07) is 0.765. The molecule has 0 radical (unpaired) electrons. The highest BCUT2D eigenvalue weighted by Gasteiger charge is 2.32. The van der Waals surface area contributed by atoms with Crippen molar-refractivity contribution in [3.05, 3.63) is 0 Å². The predicted molar refractivity (Wildman–Crippen MR) is 90.6 cm³/mol. The van der Waals surface area contributed by atoms with Crippen LogP contribution in [0.4, 0.5) is 0 Å². The second-order valence-corrected chi connectivity index (χ2v) is 7.35. The molecule has 1 saturated heterocycles. The van der Waals surface area contributed by atoms with Gasteiger partial charge in [0.25, 0.3) is 0 Å². The first-order valence-electron chi connectivity index (χ1n) is 9.66. The van der Waals surface area contributed by atoms with E-state index in [1.54, 1.807) is 0 Å². The summed E-state index contributed by atoms with van der Waals surface area (Å²) in [4.78, 5) is 0. The zero-order valence-electron chi connectivity index (χ0n) is 14.4. The van der Waals surface area contributed by atoms with Crippen molar-refractivity contribution in [2.45, 2.75) is 84.1 Å². The first-order valence-corrected chi connectivity index (χ1v) is 9.66. The van der Waals surface area contributed by atoms with Gasteiger partial charge in [0.1, 0.15) is 0 Å². The Balaban J connectivity index is 1.82. The molecule has 0 aromatic carbocycles. The molecule has 1 atom stereocenters. The lowest BCUT2D eigenvalue weighted by atomic mass is 9.72. The molecule has 0 spiro atoms. The zero-order chi connectivity index (χ0) is 14.9. The van der Waals surface area contributed by atoms with Crippen molar-refractivity contribution >= 4 is 0 Å². The van der Waals surface area contributed by atoms with Crippen LogP contribution in [0.1, 0.15) is 78.1 Å². The molecule has 0 aromatic heterocycles. The van der Waals surface area contributed by atoms with Crippen molar-refractivity contribution in [2.75, 3.05) is 19.8 Å². The Morgan fingerprint density at radius 2 is 1.57 bits per heavy atom. The molecule has 1 aliphatic carbocycles. The molecular formula is C19H37NO. The van der Waals surface area contributed by atoms with Crippen LogP contribution in [0.3, 0.4) is 0 Å². The van der Waals surface area contributed by atoms with Crippen molar-refractivity contribution in [3.63, 3.8) is 0 Å². The van der Waals surface area contributed by atoms with Crippen LogP contribution in [0.15, 0.2) is 0 Å². The van der Waals surface area contributed by atoms with E-state index in [4.69, 9.17) is 4.74 Å². The number of nitrogens with one attached hydrogen (secondary N) is 1. The molecule has 1 saturated carbocycles. The summed E-state index contributed by atoms with van der Waals surface area (Å²) in [5.41, 5.74) is 0. The van der Waals surface area contributed by atoms with Crippen molar-refractivity contribution < 1.29 is 4.74 Å². The van der Waals surface area contributed by atoms with Gasteiger partial charge in [-0.2, -0.15) is 0 Å². The molecule has 124 valence electrons. The first kappa shape index (κ1) is 17.3. The third-order valence-corrected chi connectivity index (χ3v) is 5.77. The quantitative estimate of drug-likeness (QED) is 0.696. The van der Waals surface area contributed by atoms with Crippen molar-refractivity contribution in [2.24, 2.45) is 17.8 Å². The van der Waals surface area contributed by atoms with Crippen molar-refractivity contribution in [1.82, 2.24) is 5.32 Å². The first-order chi connectivity index (χ1) is 10.3. The molecule has 1 unspecified atom stereocenters. The van der Waals surface area contributed by atoms with Crippen molar-refractivity contribution in [1.29, 1.82) is 0 Å². The fourth-order valence-corrected chi connectivity index (χ4v) is 4.43. The van der Waals surface area contributed by atoms with E-state index in [0.29, 0.717) is 0 Å². The molecule has 0 amide bonds. The summed E-state index contributed by atoms with van der Waals surface area (Å²) >= 11 is 0. The molecule has 0 bridgehead atoms. The number of hydrogen-bond donors (Lipinski definition) is 1. The second kappa shape index (κ2) is 9.84. The molecule has 1 aliphatic heterocycles. The zero-order valence-corrected chi connectivity index (χ0v) is 14.4. The van der Waals surface area contributed by atoms with Crippen LogP contribution in [0.2, 0.25) is 0 Å². The minimum absolute atomic E-state index is 0.765. The van der Waals surface area contributed by atoms with Gasteiger partial charge in [-0.25, -0.2) is 0 Å². The fraction of sp³-hybridized carbons (Fsp3) is 1.00. The molecule has 2 aliphatic rings. The van der Waals surface area contributed by atoms with Gasteiger partial charge in [0.05, 0.1) is 0 Å². The van der Waals surface area contributed by atoms with Gasteiger partial charge in [0.15, 0.2) is 0 Å². The van der Waals surface area contributed by atoms with E-state index in [9.17, 15) is 0 Å². The molecule has 1 N–H and O–H groups in total. The smallest absolute Gasteiger partial charge is 0.0469 e. The molecule has 2 nitrogen and oxygen atoms in total. The van der Waals surface area contributed by atoms with E-state index in [0.717, 1.165) is 37.0 Å². The highest BCUT2D eigenvalue weighted by molar-refractivity contribution is 4.87. The Morgan fingerprint density at radius 1 is 0.905 bits per heavy atom. The lowest BCUT2D eigenvalue weighted by molar-refractivity contribution is 0.0381. The molecular weight excluding hydrogens is 258 g/mol. The summed E-state index contributed by atoms with van der Waals surface area (Å²) in [7, 11) is 0. The molecule has 0 aromatic rings. The maximum Gasteiger partial charge on any atom is 0.0469 e. The van der Waals surface area contributed by atoms with E-state index in [1.165, 1.54) is 70.8 Å². The summed E-state index contributed by atoms with van der Waals surface area (Å²) < 4.78 is 5.58. The number of ether oxygens (including phenoxy) is 1. The largest absolute Gasteiger partial charge is 0.381 e. The Hall–Kier alpha value is -0.0800. The highest BCUT2D eigenvalue weighted by Crippen LogP contribution is 2.37. The lowest BCUT2D eigenvalue weighted by Crippen LogP contribution is -2.45. The van der Waals surface area contributed by atoms with Crippen LogP contribution in [-0.2, 0) is 4.74 Å². The van der Waals surface area contributed by atoms with Crippen LogP contribution in [0.5, 0.6) is 0 Å². The van der Waals surface area contributed by atoms with Crippen LogP contribution in [0.25, 0.3) is 0 Å². The summed E-state index contributed by atoms with van der Waals surface area (Å²) in [5, 5.41) is 3.91. The van der Waals surface area contributed by atoms with E-state index >= 15 is 0 Å². The molecule has 1 heterocycles. The van der Waals surface area contributed by atoms with Crippen LogP contribution >= 0.6 is 0 Å². The minimum atomic E-state index is 0.765. The molecule has 2 heteroatoms. The Bertz CT molecular complexity index is 254. The van der Waals surface area contributed by atoms with Gasteiger partial charge in [-0.1, -0.05) is 46.0 Å². The van der Waals surface area contributed by atoms with Crippen LogP contribution in [-0.4, -0.2) is 25.8 Å². The van der Waals surface area contributed by atoms with Gasteiger partial charge < -0.3 is 10.1 Å². The maximum atomic E-state index is 5.58. The average Bonchev–Trinajstić information content (AvgIpc) is 2.55. The molecule has 21 heavy (non-hydrogen) atoms. The Labute approximate surface area is 132 Å². The van der Waals surface area contributed by atoms with Crippen LogP contribution in [0, 0.1) is 17.8 Å². The topological polar surface area (TPSA) is 21.3 Å². The number of rotatable bonds is 8. The third kappa shape index (κ3) is 5.56. The predicted octanol–water partition coefficient (Wildman–Crippen LogP) is 4.78. The van der Waals surface area contributed by atoms with E-state index in [2.05, 4.69) is 19.2 Å². The summed E-state index contributed by atoms with van der Waals surface area (Å²) in [6.45, 7) is 7.77.